The van der Waals surface area contributed by atoms with E-state index < -0.39 is 10.0 Å². The van der Waals surface area contributed by atoms with Gasteiger partial charge in [0.25, 0.3) is 0 Å². The molecule has 2 aromatic rings. The Labute approximate surface area is 219 Å². The van der Waals surface area contributed by atoms with E-state index in [9.17, 15) is 17.6 Å². The van der Waals surface area contributed by atoms with Gasteiger partial charge in [0, 0.05) is 50.9 Å². The molecule has 2 aliphatic heterocycles. The normalized spacial score (nSPS) is 19.4. The van der Waals surface area contributed by atoms with E-state index in [1.165, 1.54) is 10.4 Å². The van der Waals surface area contributed by atoms with Gasteiger partial charge in [-0.3, -0.25) is 9.69 Å². The third kappa shape index (κ3) is 6.31. The summed E-state index contributed by atoms with van der Waals surface area (Å²) in [5.41, 5.74) is 1.95. The Kier molecular flexibility index (Phi) is 8.84. The van der Waals surface area contributed by atoms with Crippen molar-refractivity contribution in [1.82, 2.24) is 14.1 Å². The molecular weight excluding hydrogens is 497 g/mol. The van der Waals surface area contributed by atoms with Gasteiger partial charge in [0.15, 0.2) is 0 Å². The van der Waals surface area contributed by atoms with Gasteiger partial charge in [0.1, 0.15) is 18.2 Å². The Morgan fingerprint density at radius 1 is 1.05 bits per heavy atom. The number of rotatable bonds is 9. The van der Waals surface area contributed by atoms with Gasteiger partial charge < -0.3 is 14.4 Å². The van der Waals surface area contributed by atoms with Gasteiger partial charge in [0.05, 0.1) is 18.6 Å². The average molecular weight is 534 g/mol. The molecule has 0 saturated carbocycles. The number of ether oxygens (including phenoxy) is 2. The van der Waals surface area contributed by atoms with E-state index >= 15 is 0 Å². The lowest BCUT2D eigenvalue weighted by atomic mass is 10.1. The van der Waals surface area contributed by atoms with Gasteiger partial charge in [-0.25, -0.2) is 12.8 Å². The van der Waals surface area contributed by atoms with Crippen molar-refractivity contribution < 1.29 is 27.1 Å². The molecule has 2 aliphatic rings. The van der Waals surface area contributed by atoms with Crippen LogP contribution < -0.4 is 4.74 Å². The summed E-state index contributed by atoms with van der Waals surface area (Å²) in [7, 11) is -2.15. The van der Waals surface area contributed by atoms with E-state index in [1.54, 1.807) is 50.1 Å². The number of sulfonamides is 1. The van der Waals surface area contributed by atoms with E-state index in [4.69, 9.17) is 9.47 Å². The van der Waals surface area contributed by atoms with Gasteiger partial charge in [-0.05, 0) is 56.0 Å². The molecular formula is C27H36FN3O5S. The molecule has 0 bridgehead atoms. The number of aryl methyl sites for hydroxylation is 2. The summed E-state index contributed by atoms with van der Waals surface area (Å²) in [5.74, 6) is 0.302. The molecule has 0 spiro atoms. The average Bonchev–Trinajstić information content (AvgIpc) is 3.35. The molecule has 8 nitrogen and oxygen atoms in total. The quantitative estimate of drug-likeness (QED) is 0.493. The Morgan fingerprint density at radius 3 is 2.38 bits per heavy atom. The standard InChI is InChI=1S/C27H36FN3O5S/c1-20-15-24(35-3)16-21(2)27(20)37(33,34)31-10-6-8-23(31)18-36-19-26(32)30-13-11-29(12-14-30)17-22-7-4-5-9-25(22)28/h4-5,7,9,15-16,23H,6,8,10-14,17-19H2,1-3H3. The minimum Gasteiger partial charge on any atom is -0.497 e. The number of carbonyl (C=O) groups excluding carboxylic acids is 1. The van der Waals surface area contributed by atoms with E-state index in [1.807, 2.05) is 6.07 Å². The highest BCUT2D eigenvalue weighted by Crippen LogP contribution is 2.32. The number of nitrogens with zero attached hydrogens (tertiary/aromatic N) is 3. The third-order valence-corrected chi connectivity index (χ3v) is 9.43. The summed E-state index contributed by atoms with van der Waals surface area (Å²) in [6.45, 7) is 7.02. The van der Waals surface area contributed by atoms with Crippen molar-refractivity contribution in [2.24, 2.45) is 0 Å². The number of halogens is 1. The Balaban J connectivity index is 1.28. The van der Waals surface area contributed by atoms with Crippen LogP contribution in [0.3, 0.4) is 0 Å². The predicted molar refractivity (Wildman–Crippen MR) is 138 cm³/mol. The molecule has 2 heterocycles. The molecule has 2 fully saturated rings. The lowest BCUT2D eigenvalue weighted by molar-refractivity contribution is -0.138. The van der Waals surface area contributed by atoms with Crippen LogP contribution in [0.4, 0.5) is 4.39 Å². The monoisotopic (exact) mass is 533 g/mol. The lowest BCUT2D eigenvalue weighted by Crippen LogP contribution is -2.49. The SMILES string of the molecule is COc1cc(C)c(S(=O)(=O)N2CCCC2COCC(=O)N2CCN(Cc3ccccc3F)CC2)c(C)c1. The molecule has 2 saturated heterocycles. The largest absolute Gasteiger partial charge is 0.497 e. The van der Waals surface area contributed by atoms with Crippen LogP contribution in [0.2, 0.25) is 0 Å². The van der Waals surface area contributed by atoms with Gasteiger partial charge >= 0.3 is 0 Å². The zero-order valence-corrected chi connectivity index (χ0v) is 22.6. The first kappa shape index (κ1) is 27.5. The van der Waals surface area contributed by atoms with Crippen LogP contribution in [0.25, 0.3) is 0 Å². The molecule has 0 aromatic heterocycles. The van der Waals surface area contributed by atoms with Gasteiger partial charge in [-0.1, -0.05) is 18.2 Å². The molecule has 37 heavy (non-hydrogen) atoms. The maximum absolute atomic E-state index is 13.9. The Bertz CT molecular complexity index is 1190. The molecule has 2 aromatic carbocycles. The molecule has 10 heteroatoms. The minimum absolute atomic E-state index is 0.0850. The van der Waals surface area contributed by atoms with Crippen LogP contribution >= 0.6 is 0 Å². The summed E-state index contributed by atoms with van der Waals surface area (Å²) in [6.07, 6.45) is 1.44. The van der Waals surface area contributed by atoms with Crippen LogP contribution in [-0.2, 0) is 26.1 Å². The van der Waals surface area contributed by atoms with Crippen molar-refractivity contribution in [1.29, 1.82) is 0 Å². The highest BCUT2D eigenvalue weighted by Gasteiger charge is 2.37. The van der Waals surface area contributed by atoms with Crippen molar-refractivity contribution in [3.05, 3.63) is 58.9 Å². The van der Waals surface area contributed by atoms with Crippen LogP contribution in [0.5, 0.6) is 5.75 Å². The number of amides is 1. The predicted octanol–water partition coefficient (Wildman–Crippen LogP) is 2.97. The fourth-order valence-corrected chi connectivity index (χ4v) is 7.34. The van der Waals surface area contributed by atoms with Crippen LogP contribution in [-0.4, -0.2) is 87.5 Å². The van der Waals surface area contributed by atoms with E-state index in [0.717, 1.165) is 6.42 Å². The molecule has 1 unspecified atom stereocenters. The lowest BCUT2D eigenvalue weighted by Gasteiger charge is -2.35. The second-order valence-electron chi connectivity index (χ2n) is 9.77. The third-order valence-electron chi connectivity index (χ3n) is 7.17. The number of benzene rings is 2. The maximum Gasteiger partial charge on any atom is 0.248 e. The fourth-order valence-electron chi connectivity index (χ4n) is 5.24. The summed E-state index contributed by atoms with van der Waals surface area (Å²) in [5, 5.41) is 0. The fraction of sp³-hybridized carbons (Fsp3) is 0.519. The van der Waals surface area contributed by atoms with E-state index in [2.05, 4.69) is 4.90 Å². The molecule has 202 valence electrons. The number of hydrogen-bond donors (Lipinski definition) is 0. The molecule has 1 atom stereocenters. The molecule has 0 N–H and O–H groups in total. The smallest absolute Gasteiger partial charge is 0.248 e. The van der Waals surface area contributed by atoms with Crippen molar-refractivity contribution in [2.75, 3.05) is 53.0 Å². The van der Waals surface area contributed by atoms with Crippen molar-refractivity contribution in [3.63, 3.8) is 0 Å². The van der Waals surface area contributed by atoms with Crippen LogP contribution in [0, 0.1) is 19.7 Å². The van der Waals surface area contributed by atoms with Crippen molar-refractivity contribution in [3.8, 4) is 5.75 Å². The van der Waals surface area contributed by atoms with Crippen LogP contribution in [0.1, 0.15) is 29.5 Å². The number of methoxy groups -OCH3 is 1. The molecule has 0 radical (unpaired) electrons. The van der Waals surface area contributed by atoms with Crippen molar-refractivity contribution in [2.45, 2.75) is 44.2 Å². The number of piperazine rings is 1. The first-order chi connectivity index (χ1) is 17.7. The van der Waals surface area contributed by atoms with Gasteiger partial charge in [-0.2, -0.15) is 4.31 Å². The Hall–Kier alpha value is -2.53. The summed E-state index contributed by atoms with van der Waals surface area (Å²) >= 11 is 0. The second-order valence-corrected chi connectivity index (χ2v) is 11.6. The van der Waals surface area contributed by atoms with Crippen molar-refractivity contribution >= 4 is 15.9 Å². The first-order valence-corrected chi connectivity index (χ1v) is 14.1. The first-order valence-electron chi connectivity index (χ1n) is 12.7. The second kappa shape index (κ2) is 11.9. The number of carbonyl (C=O) groups is 1. The van der Waals surface area contributed by atoms with E-state index in [-0.39, 0.29) is 31.0 Å². The molecule has 1 amide bonds. The summed E-state index contributed by atoms with van der Waals surface area (Å²) < 4.78 is 53.5. The summed E-state index contributed by atoms with van der Waals surface area (Å²) in [6, 6.07) is 9.90. The topological polar surface area (TPSA) is 79.4 Å². The summed E-state index contributed by atoms with van der Waals surface area (Å²) in [4.78, 5) is 16.9. The number of hydrogen-bond acceptors (Lipinski definition) is 6. The van der Waals surface area contributed by atoms with Gasteiger partial charge in [0.2, 0.25) is 15.9 Å². The highest BCUT2D eigenvalue weighted by atomic mass is 32.2. The minimum atomic E-state index is -3.71. The molecule has 0 aliphatic carbocycles. The van der Waals surface area contributed by atoms with Gasteiger partial charge in [-0.15, -0.1) is 0 Å². The zero-order valence-electron chi connectivity index (χ0n) is 21.8. The Morgan fingerprint density at radius 2 is 1.73 bits per heavy atom. The van der Waals surface area contributed by atoms with E-state index in [0.29, 0.717) is 73.0 Å². The zero-order chi connectivity index (χ0) is 26.6. The van der Waals surface area contributed by atoms with Crippen LogP contribution in [0.15, 0.2) is 41.3 Å². The maximum atomic E-state index is 13.9. The molecule has 4 rings (SSSR count). The highest BCUT2D eigenvalue weighted by molar-refractivity contribution is 7.89.